The summed E-state index contributed by atoms with van der Waals surface area (Å²) in [6, 6.07) is 1.83. The van der Waals surface area contributed by atoms with Crippen LogP contribution in [-0.2, 0) is 11.3 Å². The van der Waals surface area contributed by atoms with Crippen molar-refractivity contribution >= 4 is 5.97 Å². The number of carboxylic acids is 1. The molecule has 5 heteroatoms. The molecule has 5 nitrogen and oxygen atoms in total. The van der Waals surface area contributed by atoms with E-state index in [9.17, 15) is 4.79 Å². The first kappa shape index (κ1) is 9.73. The minimum absolute atomic E-state index is 0.00495. The Labute approximate surface area is 75.6 Å². The third-order valence-electron chi connectivity index (χ3n) is 1.73. The predicted molar refractivity (Wildman–Crippen MR) is 45.3 cm³/mol. The maximum Gasteiger partial charge on any atom is 0.334 e. The van der Waals surface area contributed by atoms with E-state index in [0.717, 1.165) is 11.4 Å². The lowest BCUT2D eigenvalue weighted by Crippen LogP contribution is -2.26. The van der Waals surface area contributed by atoms with Gasteiger partial charge in [-0.1, -0.05) is 0 Å². The van der Waals surface area contributed by atoms with E-state index in [1.807, 2.05) is 19.9 Å². The van der Waals surface area contributed by atoms with Crippen molar-refractivity contribution in [1.29, 1.82) is 0 Å². The van der Waals surface area contributed by atoms with Gasteiger partial charge in [0.15, 0.2) is 6.10 Å². The van der Waals surface area contributed by atoms with Crippen LogP contribution in [0.1, 0.15) is 11.4 Å². The second kappa shape index (κ2) is 3.57. The molecule has 1 unspecified atom stereocenters. The molecule has 1 aromatic heterocycles. The molecule has 1 aromatic rings. The number of hydrogen-bond donors (Lipinski definition) is 2. The van der Waals surface area contributed by atoms with E-state index in [1.54, 1.807) is 0 Å². The molecule has 0 spiro atoms. The molecular formula is C8H12N2O3. The lowest BCUT2D eigenvalue weighted by atomic mass is 10.3. The molecule has 0 aromatic carbocycles. The molecule has 0 radical (unpaired) electrons. The molecule has 1 heterocycles. The topological polar surface area (TPSA) is 75.4 Å². The molecule has 0 aliphatic heterocycles. The van der Waals surface area contributed by atoms with E-state index in [4.69, 9.17) is 10.2 Å². The standard InChI is InChI=1S/C8H12N2O3/c1-5-3-6(2)10(9-5)4-7(11)8(12)13/h3,7,11H,4H2,1-2H3,(H,12,13). The number of rotatable bonds is 3. The van der Waals surface area contributed by atoms with Crippen LogP contribution in [0.25, 0.3) is 0 Å². The third kappa shape index (κ3) is 2.29. The van der Waals surface area contributed by atoms with Crippen molar-refractivity contribution in [2.24, 2.45) is 0 Å². The zero-order valence-corrected chi connectivity index (χ0v) is 7.56. The Balaban J connectivity index is 2.74. The Morgan fingerprint density at radius 2 is 2.31 bits per heavy atom. The Kier molecular flexibility index (Phi) is 2.67. The van der Waals surface area contributed by atoms with Crippen molar-refractivity contribution in [3.05, 3.63) is 17.5 Å². The molecule has 0 fully saturated rings. The fourth-order valence-electron chi connectivity index (χ4n) is 1.10. The third-order valence-corrected chi connectivity index (χ3v) is 1.73. The number of aryl methyl sites for hydroxylation is 2. The summed E-state index contributed by atoms with van der Waals surface area (Å²) in [5, 5.41) is 21.5. The van der Waals surface area contributed by atoms with E-state index in [-0.39, 0.29) is 6.54 Å². The zero-order valence-electron chi connectivity index (χ0n) is 7.56. The molecule has 1 atom stereocenters. The smallest absolute Gasteiger partial charge is 0.334 e. The fraction of sp³-hybridized carbons (Fsp3) is 0.500. The molecule has 13 heavy (non-hydrogen) atoms. The van der Waals surface area contributed by atoms with Crippen molar-refractivity contribution in [2.45, 2.75) is 26.5 Å². The van der Waals surface area contributed by atoms with E-state index in [1.165, 1.54) is 4.68 Å². The van der Waals surface area contributed by atoms with Gasteiger partial charge in [-0.25, -0.2) is 4.79 Å². The van der Waals surface area contributed by atoms with Gasteiger partial charge >= 0.3 is 5.97 Å². The molecule has 0 saturated carbocycles. The summed E-state index contributed by atoms with van der Waals surface area (Å²) >= 11 is 0. The highest BCUT2D eigenvalue weighted by Gasteiger charge is 2.15. The molecule has 72 valence electrons. The van der Waals surface area contributed by atoms with E-state index < -0.39 is 12.1 Å². The van der Waals surface area contributed by atoms with Crippen molar-refractivity contribution in [3.63, 3.8) is 0 Å². The molecular weight excluding hydrogens is 172 g/mol. The van der Waals surface area contributed by atoms with Crippen LogP contribution >= 0.6 is 0 Å². The number of aliphatic carboxylic acids is 1. The minimum atomic E-state index is -1.39. The second-order valence-electron chi connectivity index (χ2n) is 2.96. The van der Waals surface area contributed by atoms with Gasteiger partial charge in [-0.3, -0.25) is 4.68 Å². The van der Waals surface area contributed by atoms with Gasteiger partial charge < -0.3 is 10.2 Å². The lowest BCUT2D eigenvalue weighted by molar-refractivity contribution is -0.147. The van der Waals surface area contributed by atoms with Gasteiger partial charge in [-0.15, -0.1) is 0 Å². The lowest BCUT2D eigenvalue weighted by Gasteiger charge is -2.06. The largest absolute Gasteiger partial charge is 0.479 e. The van der Waals surface area contributed by atoms with Crippen LogP contribution in [0.5, 0.6) is 0 Å². The Bertz CT molecular complexity index is 319. The summed E-state index contributed by atoms with van der Waals surface area (Å²) in [5.41, 5.74) is 1.66. The molecule has 0 saturated heterocycles. The van der Waals surface area contributed by atoms with Crippen molar-refractivity contribution in [3.8, 4) is 0 Å². The summed E-state index contributed by atoms with van der Waals surface area (Å²) in [6.07, 6.45) is -1.39. The summed E-state index contributed by atoms with van der Waals surface area (Å²) in [5.74, 6) is -1.23. The fourth-order valence-corrected chi connectivity index (χ4v) is 1.10. The van der Waals surface area contributed by atoms with Crippen LogP contribution in [0.4, 0.5) is 0 Å². The van der Waals surface area contributed by atoms with Gasteiger partial charge in [0, 0.05) is 5.69 Å². The SMILES string of the molecule is Cc1cc(C)n(CC(O)C(=O)O)n1. The maximum absolute atomic E-state index is 10.3. The normalized spacial score (nSPS) is 12.8. The van der Waals surface area contributed by atoms with Crippen molar-refractivity contribution in [2.75, 3.05) is 0 Å². The van der Waals surface area contributed by atoms with Gasteiger partial charge in [0.05, 0.1) is 12.2 Å². The number of aliphatic hydroxyl groups is 1. The highest BCUT2D eigenvalue weighted by molar-refractivity contribution is 5.71. The maximum atomic E-state index is 10.3. The predicted octanol–water partition coefficient (Wildman–Crippen LogP) is -0.0546. The minimum Gasteiger partial charge on any atom is -0.479 e. The van der Waals surface area contributed by atoms with Crippen molar-refractivity contribution in [1.82, 2.24) is 9.78 Å². The number of aliphatic hydroxyl groups excluding tert-OH is 1. The Morgan fingerprint density at radius 1 is 1.69 bits per heavy atom. The first-order valence-electron chi connectivity index (χ1n) is 3.92. The quantitative estimate of drug-likeness (QED) is 0.690. The summed E-state index contributed by atoms with van der Waals surface area (Å²) in [6.45, 7) is 3.63. The number of aromatic nitrogens is 2. The molecule has 0 aliphatic rings. The number of nitrogens with zero attached hydrogens (tertiary/aromatic N) is 2. The van der Waals surface area contributed by atoms with Crippen LogP contribution in [-0.4, -0.2) is 32.1 Å². The number of hydrogen-bond acceptors (Lipinski definition) is 3. The van der Waals surface area contributed by atoms with Crippen LogP contribution in [0.2, 0.25) is 0 Å². The Hall–Kier alpha value is -1.36. The second-order valence-corrected chi connectivity index (χ2v) is 2.96. The van der Waals surface area contributed by atoms with Crippen LogP contribution in [0, 0.1) is 13.8 Å². The van der Waals surface area contributed by atoms with Gasteiger partial charge in [-0.2, -0.15) is 5.10 Å². The summed E-state index contributed by atoms with van der Waals surface area (Å²) in [7, 11) is 0. The van der Waals surface area contributed by atoms with Gasteiger partial charge in [0.1, 0.15) is 0 Å². The number of carboxylic acid groups (broad SMARTS) is 1. The average molecular weight is 184 g/mol. The van der Waals surface area contributed by atoms with Gasteiger partial charge in [0.25, 0.3) is 0 Å². The average Bonchev–Trinajstić information content (AvgIpc) is 2.30. The monoisotopic (exact) mass is 184 g/mol. The van der Waals surface area contributed by atoms with Gasteiger partial charge in [-0.05, 0) is 19.9 Å². The van der Waals surface area contributed by atoms with Crippen molar-refractivity contribution < 1.29 is 15.0 Å². The molecule has 1 rings (SSSR count). The summed E-state index contributed by atoms with van der Waals surface area (Å²) < 4.78 is 1.48. The first-order chi connectivity index (χ1) is 6.00. The Morgan fingerprint density at radius 3 is 2.69 bits per heavy atom. The first-order valence-corrected chi connectivity index (χ1v) is 3.92. The highest BCUT2D eigenvalue weighted by Crippen LogP contribution is 2.02. The molecule has 0 aliphatic carbocycles. The molecule has 0 amide bonds. The molecule has 2 N–H and O–H groups in total. The molecule has 0 bridgehead atoms. The zero-order chi connectivity index (χ0) is 10.0. The number of carbonyl (C=O) groups is 1. The summed E-state index contributed by atoms with van der Waals surface area (Å²) in [4.78, 5) is 10.3. The van der Waals surface area contributed by atoms with Gasteiger partial charge in [0.2, 0.25) is 0 Å². The highest BCUT2D eigenvalue weighted by atomic mass is 16.4. The van der Waals surface area contributed by atoms with E-state index >= 15 is 0 Å². The van der Waals surface area contributed by atoms with Crippen LogP contribution in [0.15, 0.2) is 6.07 Å². The van der Waals surface area contributed by atoms with E-state index in [2.05, 4.69) is 5.10 Å². The van der Waals surface area contributed by atoms with Crippen LogP contribution in [0.3, 0.4) is 0 Å². The van der Waals surface area contributed by atoms with Crippen LogP contribution < -0.4 is 0 Å². The van der Waals surface area contributed by atoms with E-state index in [0.29, 0.717) is 0 Å².